The zero-order valence-corrected chi connectivity index (χ0v) is 24.0. The lowest BCUT2D eigenvalue weighted by Crippen LogP contribution is -2.46. The number of anilines is 1. The summed E-state index contributed by atoms with van der Waals surface area (Å²) in [6, 6.07) is 8.47. The fourth-order valence-corrected chi connectivity index (χ4v) is 7.12. The molecule has 2 amide bonds. The third-order valence-electron chi connectivity index (χ3n) is 7.84. The van der Waals surface area contributed by atoms with Gasteiger partial charge >= 0.3 is 0 Å². The summed E-state index contributed by atoms with van der Waals surface area (Å²) >= 11 is 0. The third kappa shape index (κ3) is 6.39. The molecule has 1 saturated heterocycles. The van der Waals surface area contributed by atoms with Crippen molar-refractivity contribution >= 4 is 27.5 Å². The van der Waals surface area contributed by atoms with Crippen molar-refractivity contribution in [2.24, 2.45) is 0 Å². The lowest BCUT2D eigenvalue weighted by atomic mass is 10.0. The molecule has 1 aliphatic carbocycles. The molecule has 222 valence electrons. The Balaban J connectivity index is 1.58. The van der Waals surface area contributed by atoms with Gasteiger partial charge in [0.25, 0.3) is 5.91 Å². The van der Waals surface area contributed by atoms with E-state index in [0.29, 0.717) is 13.1 Å². The summed E-state index contributed by atoms with van der Waals surface area (Å²) < 4.78 is 28.3. The third-order valence-corrected chi connectivity index (χ3v) is 9.75. The number of sulfonamides is 1. The number of hydrogen-bond donors (Lipinski definition) is 3. The lowest BCUT2D eigenvalue weighted by molar-refractivity contribution is -0.123. The van der Waals surface area contributed by atoms with E-state index in [4.69, 9.17) is 0 Å². The number of nitrogens with zero attached hydrogens (tertiary/aromatic N) is 4. The molecule has 1 unspecified atom stereocenters. The Hall–Kier alpha value is -4.03. The van der Waals surface area contributed by atoms with E-state index in [1.807, 2.05) is 0 Å². The zero-order valence-electron chi connectivity index (χ0n) is 23.2. The van der Waals surface area contributed by atoms with E-state index in [1.54, 1.807) is 0 Å². The standard InChI is InChI=1S/C30H35N5O6S/c36-26-14-9-21(19-27(26)37)28(29(38)33-22-7-3-4-8-22)35(30(39)25-20-31-15-16-32-25)23-10-12-24(13-11-23)42(40,41)34-17-5-1-2-6-18-34/h9-16,19-20,22,28,36-37H,1-8,17-18H2,(H,33,38). The number of aromatic hydroxyl groups is 2. The first-order chi connectivity index (χ1) is 20.3. The van der Waals surface area contributed by atoms with Crippen LogP contribution in [-0.4, -0.2) is 63.8 Å². The van der Waals surface area contributed by atoms with Crippen LogP contribution in [0.15, 0.2) is 66.0 Å². The average Bonchev–Trinajstić information content (AvgIpc) is 3.35. The van der Waals surface area contributed by atoms with Gasteiger partial charge < -0.3 is 15.5 Å². The van der Waals surface area contributed by atoms with E-state index in [9.17, 15) is 28.2 Å². The van der Waals surface area contributed by atoms with Crippen LogP contribution in [0.25, 0.3) is 0 Å². The summed E-state index contributed by atoms with van der Waals surface area (Å²) in [7, 11) is -3.75. The molecule has 1 saturated carbocycles. The molecule has 0 radical (unpaired) electrons. The van der Waals surface area contributed by atoms with Crippen LogP contribution in [0.5, 0.6) is 11.5 Å². The van der Waals surface area contributed by atoms with Crippen molar-refractivity contribution in [1.29, 1.82) is 0 Å². The quantitative estimate of drug-likeness (QED) is 0.333. The number of carbonyl (C=O) groups is 2. The molecular weight excluding hydrogens is 558 g/mol. The van der Waals surface area contributed by atoms with Crippen molar-refractivity contribution in [3.63, 3.8) is 0 Å². The number of carbonyl (C=O) groups excluding carboxylic acids is 2. The Morgan fingerprint density at radius 2 is 1.60 bits per heavy atom. The number of phenols is 2. The highest BCUT2D eigenvalue weighted by Gasteiger charge is 2.36. The second-order valence-electron chi connectivity index (χ2n) is 10.7. The van der Waals surface area contributed by atoms with Gasteiger partial charge in [-0.2, -0.15) is 4.31 Å². The Morgan fingerprint density at radius 3 is 2.21 bits per heavy atom. The molecule has 1 aromatic heterocycles. The second kappa shape index (κ2) is 12.9. The van der Waals surface area contributed by atoms with Crippen molar-refractivity contribution in [2.45, 2.75) is 68.3 Å². The minimum absolute atomic E-state index is 0.0274. The van der Waals surface area contributed by atoms with E-state index in [1.165, 1.54) is 70.3 Å². The minimum atomic E-state index is -3.75. The van der Waals surface area contributed by atoms with E-state index in [-0.39, 0.29) is 33.6 Å². The molecule has 2 heterocycles. The van der Waals surface area contributed by atoms with Gasteiger partial charge in [0, 0.05) is 37.2 Å². The molecule has 0 spiro atoms. The highest BCUT2D eigenvalue weighted by atomic mass is 32.2. The normalized spacial score (nSPS) is 17.3. The van der Waals surface area contributed by atoms with Gasteiger partial charge in [-0.3, -0.25) is 19.5 Å². The van der Waals surface area contributed by atoms with Gasteiger partial charge in [0.2, 0.25) is 15.9 Å². The van der Waals surface area contributed by atoms with Crippen LogP contribution in [0.4, 0.5) is 5.69 Å². The van der Waals surface area contributed by atoms with Crippen LogP contribution in [0, 0.1) is 0 Å². The van der Waals surface area contributed by atoms with Gasteiger partial charge in [0.05, 0.1) is 11.1 Å². The maximum atomic E-state index is 14.0. The number of aromatic nitrogens is 2. The smallest absolute Gasteiger partial charge is 0.279 e. The van der Waals surface area contributed by atoms with E-state index in [0.717, 1.165) is 51.4 Å². The van der Waals surface area contributed by atoms with Crippen LogP contribution < -0.4 is 10.2 Å². The average molecular weight is 594 g/mol. The van der Waals surface area contributed by atoms with Gasteiger partial charge in [-0.1, -0.05) is 31.7 Å². The van der Waals surface area contributed by atoms with E-state index in [2.05, 4.69) is 15.3 Å². The maximum Gasteiger partial charge on any atom is 0.279 e. The monoisotopic (exact) mass is 593 g/mol. The molecule has 1 atom stereocenters. The number of amides is 2. The summed E-state index contributed by atoms with van der Waals surface area (Å²) in [5, 5.41) is 23.3. The zero-order chi connectivity index (χ0) is 29.7. The number of phenolic OH excluding ortho intramolecular Hbond substituents is 2. The molecule has 5 rings (SSSR count). The van der Waals surface area contributed by atoms with Crippen molar-refractivity contribution in [2.75, 3.05) is 18.0 Å². The minimum Gasteiger partial charge on any atom is -0.504 e. The Bertz CT molecular complexity index is 1500. The summed E-state index contributed by atoms with van der Waals surface area (Å²) in [5.74, 6) is -1.95. The number of hydrogen-bond acceptors (Lipinski definition) is 8. The van der Waals surface area contributed by atoms with Gasteiger partial charge in [0.1, 0.15) is 11.7 Å². The van der Waals surface area contributed by atoms with Crippen LogP contribution >= 0.6 is 0 Å². The summed E-state index contributed by atoms with van der Waals surface area (Å²) in [6.45, 7) is 0.907. The molecule has 0 bridgehead atoms. The Morgan fingerprint density at radius 1 is 0.905 bits per heavy atom. The highest BCUT2D eigenvalue weighted by molar-refractivity contribution is 7.89. The first-order valence-corrected chi connectivity index (χ1v) is 15.7. The predicted molar refractivity (Wildman–Crippen MR) is 155 cm³/mol. The fourth-order valence-electron chi connectivity index (χ4n) is 5.60. The van der Waals surface area contributed by atoms with Crippen LogP contribution in [0.1, 0.15) is 73.5 Å². The predicted octanol–water partition coefficient (Wildman–Crippen LogP) is 3.90. The van der Waals surface area contributed by atoms with Crippen molar-refractivity contribution in [3.05, 3.63) is 72.3 Å². The van der Waals surface area contributed by atoms with Crippen molar-refractivity contribution in [3.8, 4) is 11.5 Å². The molecule has 3 N–H and O–H groups in total. The molecule has 42 heavy (non-hydrogen) atoms. The summed E-state index contributed by atoms with van der Waals surface area (Å²) in [6.07, 6.45) is 11.2. The maximum absolute atomic E-state index is 14.0. The fraction of sp³-hybridized carbons (Fsp3) is 0.400. The number of benzene rings is 2. The summed E-state index contributed by atoms with van der Waals surface area (Å²) in [5.41, 5.74) is 0.472. The van der Waals surface area contributed by atoms with Crippen LogP contribution in [0.2, 0.25) is 0 Å². The topological polar surface area (TPSA) is 153 Å². The largest absolute Gasteiger partial charge is 0.504 e. The highest BCUT2D eigenvalue weighted by Crippen LogP contribution is 2.35. The molecule has 2 aliphatic rings. The molecule has 3 aromatic rings. The SMILES string of the molecule is O=C(NC1CCCC1)C(c1ccc(O)c(O)c1)N(C(=O)c1cnccn1)c1ccc(S(=O)(=O)N2CCCCCC2)cc1. The molecule has 12 heteroatoms. The van der Waals surface area contributed by atoms with Crippen LogP contribution in [-0.2, 0) is 14.8 Å². The molecular formula is C30H35N5O6S. The lowest BCUT2D eigenvalue weighted by Gasteiger charge is -2.32. The second-order valence-corrected chi connectivity index (χ2v) is 12.7. The first-order valence-electron chi connectivity index (χ1n) is 14.3. The molecule has 2 fully saturated rings. The van der Waals surface area contributed by atoms with E-state index < -0.39 is 33.6 Å². The van der Waals surface area contributed by atoms with Gasteiger partial charge in [-0.15, -0.1) is 0 Å². The molecule has 11 nitrogen and oxygen atoms in total. The molecule has 1 aliphatic heterocycles. The van der Waals surface area contributed by atoms with Gasteiger partial charge in [-0.05, 0) is 67.6 Å². The Kier molecular flexibility index (Phi) is 9.03. The van der Waals surface area contributed by atoms with Crippen molar-refractivity contribution in [1.82, 2.24) is 19.6 Å². The number of nitrogens with one attached hydrogen (secondary N) is 1. The molecule has 2 aromatic carbocycles. The number of rotatable bonds is 8. The Labute approximate surface area is 245 Å². The van der Waals surface area contributed by atoms with E-state index >= 15 is 0 Å². The van der Waals surface area contributed by atoms with Gasteiger partial charge in [0.15, 0.2) is 11.5 Å². The first kappa shape index (κ1) is 29.5. The summed E-state index contributed by atoms with van der Waals surface area (Å²) in [4.78, 5) is 37.4. The van der Waals surface area contributed by atoms with Crippen LogP contribution in [0.3, 0.4) is 0 Å². The van der Waals surface area contributed by atoms with Gasteiger partial charge in [-0.25, -0.2) is 13.4 Å². The van der Waals surface area contributed by atoms with Crippen molar-refractivity contribution < 1.29 is 28.2 Å².